The van der Waals surface area contributed by atoms with Gasteiger partial charge in [0, 0.05) is 24.3 Å². The monoisotopic (exact) mass is 540 g/mol. The lowest BCUT2D eigenvalue weighted by Gasteiger charge is -2.31. The minimum Gasteiger partial charge on any atom is -0.332 e. The molecule has 0 radical (unpaired) electrons. The summed E-state index contributed by atoms with van der Waals surface area (Å²) in [6.07, 6.45) is 3.73. The number of sulfonamides is 1. The minimum atomic E-state index is -3.95. The van der Waals surface area contributed by atoms with E-state index in [1.54, 1.807) is 48.4 Å². The Balaban J connectivity index is 1.28. The molecule has 3 aromatic rings. The van der Waals surface area contributed by atoms with Gasteiger partial charge in [-0.2, -0.15) is 4.72 Å². The van der Waals surface area contributed by atoms with Crippen molar-refractivity contribution in [2.75, 3.05) is 13.1 Å². The molecule has 2 fully saturated rings. The maximum atomic E-state index is 13.5. The molecule has 2 aliphatic rings. The molecular weight excluding hydrogens is 512 g/mol. The Hall–Kier alpha value is -3.01. The number of hydrogen-bond donors (Lipinski definition) is 1. The highest BCUT2D eigenvalue weighted by molar-refractivity contribution is 7.89. The molecule has 2 aliphatic heterocycles. The van der Waals surface area contributed by atoms with E-state index >= 15 is 0 Å². The van der Waals surface area contributed by atoms with Crippen molar-refractivity contribution >= 4 is 44.2 Å². The minimum absolute atomic E-state index is 0.0725. The van der Waals surface area contributed by atoms with Crippen LogP contribution in [0.4, 0.5) is 0 Å². The number of rotatable bonds is 6. The summed E-state index contributed by atoms with van der Waals surface area (Å²) in [5.74, 6) is -0.530. The summed E-state index contributed by atoms with van der Waals surface area (Å²) in [6.45, 7) is 4.61. The van der Waals surface area contributed by atoms with Gasteiger partial charge >= 0.3 is 0 Å². The zero-order valence-corrected chi connectivity index (χ0v) is 22.3. The number of amides is 2. The van der Waals surface area contributed by atoms with Crippen molar-refractivity contribution in [1.82, 2.24) is 19.5 Å². The maximum absolute atomic E-state index is 13.5. The van der Waals surface area contributed by atoms with Crippen LogP contribution in [0.25, 0.3) is 10.8 Å². The van der Waals surface area contributed by atoms with Crippen LogP contribution >= 0.6 is 11.6 Å². The number of nitrogens with zero attached hydrogens (tertiary/aromatic N) is 3. The Bertz CT molecular complexity index is 1480. The Morgan fingerprint density at radius 3 is 2.62 bits per heavy atom. The first-order valence-electron chi connectivity index (χ1n) is 12.4. The molecule has 0 spiro atoms. The van der Waals surface area contributed by atoms with Crippen molar-refractivity contribution in [1.29, 1.82) is 0 Å². The van der Waals surface area contributed by atoms with E-state index in [4.69, 9.17) is 11.6 Å². The van der Waals surface area contributed by atoms with Gasteiger partial charge in [0.1, 0.15) is 12.1 Å². The number of halogens is 1. The predicted octanol–water partition coefficient (Wildman–Crippen LogP) is 3.83. The van der Waals surface area contributed by atoms with Gasteiger partial charge in [-0.25, -0.2) is 8.42 Å². The highest BCUT2D eigenvalue weighted by atomic mass is 35.5. The number of hydrogen-bond acceptors (Lipinski definition) is 5. The van der Waals surface area contributed by atoms with Crippen molar-refractivity contribution in [3.8, 4) is 0 Å². The van der Waals surface area contributed by atoms with E-state index in [0.717, 1.165) is 34.9 Å². The molecule has 2 aromatic carbocycles. The lowest BCUT2D eigenvalue weighted by molar-refractivity contribution is -0.144. The van der Waals surface area contributed by atoms with Crippen molar-refractivity contribution < 1.29 is 18.0 Å². The summed E-state index contributed by atoms with van der Waals surface area (Å²) in [6, 6.07) is 12.1. The molecule has 37 heavy (non-hydrogen) atoms. The second-order valence-corrected chi connectivity index (χ2v) is 11.9. The number of benzene rings is 2. The standard InChI is InChI=1S/C27H29ClN4O4S/c1-17-9-11-29-24(14-17)25-4-3-12-32(25)26(33)18(2)31-13-10-23(27(31)34)30-37(35,36)22-8-6-19-15-21(28)7-5-20(19)16-22/h5-9,11,14-16,18,23,25,30H,3-4,10,12-13H2,1-2H3/t18-,23?,25?/m0/s1. The molecule has 0 saturated carbocycles. The first kappa shape index (κ1) is 25.6. The normalized spacial score (nSPS) is 21.1. The molecule has 3 atom stereocenters. The molecule has 0 aliphatic carbocycles. The van der Waals surface area contributed by atoms with Gasteiger partial charge in [-0.3, -0.25) is 14.6 Å². The van der Waals surface area contributed by atoms with E-state index in [-0.39, 0.29) is 22.8 Å². The van der Waals surface area contributed by atoms with Crippen LogP contribution in [0.5, 0.6) is 0 Å². The smallest absolute Gasteiger partial charge is 0.245 e. The van der Waals surface area contributed by atoms with Gasteiger partial charge in [-0.15, -0.1) is 0 Å². The zero-order valence-electron chi connectivity index (χ0n) is 20.7. The van der Waals surface area contributed by atoms with Crippen LogP contribution in [0.2, 0.25) is 5.02 Å². The third-order valence-electron chi connectivity index (χ3n) is 7.26. The summed E-state index contributed by atoms with van der Waals surface area (Å²) in [4.78, 5) is 34.5. The first-order valence-corrected chi connectivity index (χ1v) is 14.3. The Morgan fingerprint density at radius 2 is 1.84 bits per heavy atom. The van der Waals surface area contributed by atoms with Crippen LogP contribution in [0.15, 0.2) is 59.6 Å². The van der Waals surface area contributed by atoms with Crippen LogP contribution in [0.3, 0.4) is 0 Å². The molecule has 0 bridgehead atoms. The second kappa shape index (κ2) is 10.0. The summed E-state index contributed by atoms with van der Waals surface area (Å²) >= 11 is 6.02. The topological polar surface area (TPSA) is 99.7 Å². The van der Waals surface area contributed by atoms with Crippen LogP contribution in [-0.2, 0) is 19.6 Å². The van der Waals surface area contributed by atoms with E-state index in [2.05, 4.69) is 9.71 Å². The Labute approximate surface area is 221 Å². The van der Waals surface area contributed by atoms with Gasteiger partial charge in [0.2, 0.25) is 21.8 Å². The molecule has 2 saturated heterocycles. The summed E-state index contributed by atoms with van der Waals surface area (Å²) < 4.78 is 28.8. The molecule has 3 heterocycles. The fourth-order valence-electron chi connectivity index (χ4n) is 5.27. The van der Waals surface area contributed by atoms with Crippen molar-refractivity contribution in [2.24, 2.45) is 0 Å². The second-order valence-electron chi connectivity index (χ2n) is 9.77. The van der Waals surface area contributed by atoms with Crippen molar-refractivity contribution in [2.45, 2.75) is 56.1 Å². The number of aromatic nitrogens is 1. The number of carbonyl (C=O) groups is 2. The number of carbonyl (C=O) groups excluding carboxylic acids is 2. The summed E-state index contributed by atoms with van der Waals surface area (Å²) in [5, 5.41) is 2.12. The Kier molecular flexibility index (Phi) is 6.95. The van der Waals surface area contributed by atoms with Gasteiger partial charge in [0.25, 0.3) is 0 Å². The highest BCUT2D eigenvalue weighted by Gasteiger charge is 2.42. The van der Waals surface area contributed by atoms with Crippen LogP contribution in [-0.4, -0.2) is 60.2 Å². The molecule has 194 valence electrons. The number of pyridine rings is 1. The SMILES string of the molecule is Cc1ccnc(C2CCCN2C(=O)[C@H](C)N2CCC(NS(=O)(=O)c3ccc4cc(Cl)ccc4c3)C2=O)c1. The third kappa shape index (κ3) is 5.08. The molecule has 1 N–H and O–H groups in total. The highest BCUT2D eigenvalue weighted by Crippen LogP contribution is 2.32. The number of likely N-dealkylation sites (tertiary alicyclic amines) is 2. The van der Waals surface area contributed by atoms with Crippen molar-refractivity contribution in [3.05, 3.63) is 71.0 Å². The Morgan fingerprint density at radius 1 is 1.08 bits per heavy atom. The molecule has 1 aromatic heterocycles. The van der Waals surface area contributed by atoms with Gasteiger partial charge in [-0.1, -0.05) is 23.7 Å². The number of nitrogens with one attached hydrogen (secondary N) is 1. The number of aryl methyl sites for hydroxylation is 1. The van der Waals surface area contributed by atoms with Crippen LogP contribution in [0.1, 0.15) is 43.5 Å². The summed E-state index contributed by atoms with van der Waals surface area (Å²) in [5.41, 5.74) is 1.94. The molecule has 5 rings (SSSR count). The maximum Gasteiger partial charge on any atom is 0.245 e. The lowest BCUT2D eigenvalue weighted by Crippen LogP contribution is -2.50. The zero-order chi connectivity index (χ0) is 26.3. The average molecular weight is 541 g/mol. The fraction of sp³-hybridized carbons (Fsp3) is 0.370. The van der Waals surface area contributed by atoms with E-state index in [0.29, 0.717) is 24.5 Å². The molecule has 2 amide bonds. The van der Waals surface area contributed by atoms with E-state index in [1.165, 1.54) is 11.0 Å². The van der Waals surface area contributed by atoms with Crippen LogP contribution in [0, 0.1) is 6.92 Å². The predicted molar refractivity (Wildman–Crippen MR) is 142 cm³/mol. The van der Waals surface area contributed by atoms with Gasteiger partial charge < -0.3 is 9.80 Å². The van der Waals surface area contributed by atoms with Gasteiger partial charge in [0.15, 0.2) is 0 Å². The van der Waals surface area contributed by atoms with E-state index in [1.807, 2.05) is 19.1 Å². The molecule has 10 heteroatoms. The van der Waals surface area contributed by atoms with Crippen LogP contribution < -0.4 is 4.72 Å². The summed E-state index contributed by atoms with van der Waals surface area (Å²) in [7, 11) is -3.95. The van der Waals surface area contributed by atoms with Gasteiger partial charge in [-0.05, 0) is 85.8 Å². The average Bonchev–Trinajstić information content (AvgIpc) is 3.50. The molecular formula is C27H29ClN4O4S. The van der Waals surface area contributed by atoms with Gasteiger partial charge in [0.05, 0.1) is 16.6 Å². The third-order valence-corrected chi connectivity index (χ3v) is 8.96. The quantitative estimate of drug-likeness (QED) is 0.512. The fourth-order valence-corrected chi connectivity index (χ4v) is 6.71. The van der Waals surface area contributed by atoms with E-state index < -0.39 is 22.1 Å². The lowest BCUT2D eigenvalue weighted by atomic mass is 10.1. The van der Waals surface area contributed by atoms with E-state index in [9.17, 15) is 18.0 Å². The molecule has 2 unspecified atom stereocenters. The van der Waals surface area contributed by atoms with Crippen molar-refractivity contribution in [3.63, 3.8) is 0 Å². The molecule has 8 nitrogen and oxygen atoms in total. The largest absolute Gasteiger partial charge is 0.332 e. The first-order chi connectivity index (χ1) is 17.6. The number of fused-ring (bicyclic) bond motifs is 1.